The SMILES string of the molecule is C=CC(=O)N(Cc1ccccn1)[C@@H]1CCCN(C(=O)OC(C)(C)C)CC1. The van der Waals surface area contributed by atoms with E-state index in [1.807, 2.05) is 43.9 Å². The van der Waals surface area contributed by atoms with E-state index in [-0.39, 0.29) is 18.0 Å². The number of amides is 2. The molecule has 0 bridgehead atoms. The molecule has 0 N–H and O–H groups in total. The maximum absolute atomic E-state index is 12.4. The number of carbonyl (C=O) groups is 2. The molecule has 1 aliphatic heterocycles. The van der Waals surface area contributed by atoms with E-state index in [1.54, 1.807) is 11.1 Å². The first-order valence-corrected chi connectivity index (χ1v) is 9.11. The molecule has 1 atom stereocenters. The number of hydrogen-bond acceptors (Lipinski definition) is 4. The van der Waals surface area contributed by atoms with Gasteiger partial charge in [0, 0.05) is 25.3 Å². The number of aromatic nitrogens is 1. The summed E-state index contributed by atoms with van der Waals surface area (Å²) in [7, 11) is 0. The second-order valence-corrected chi connectivity index (χ2v) is 7.54. The van der Waals surface area contributed by atoms with E-state index in [4.69, 9.17) is 4.74 Å². The summed E-state index contributed by atoms with van der Waals surface area (Å²) in [5.41, 5.74) is 0.336. The lowest BCUT2D eigenvalue weighted by Gasteiger charge is -2.30. The van der Waals surface area contributed by atoms with Crippen LogP contribution >= 0.6 is 0 Å². The minimum Gasteiger partial charge on any atom is -0.444 e. The van der Waals surface area contributed by atoms with Gasteiger partial charge in [-0.2, -0.15) is 0 Å². The molecule has 0 aliphatic carbocycles. The van der Waals surface area contributed by atoms with Gasteiger partial charge in [-0.25, -0.2) is 4.79 Å². The van der Waals surface area contributed by atoms with Crippen LogP contribution < -0.4 is 0 Å². The highest BCUT2D eigenvalue weighted by Crippen LogP contribution is 2.21. The summed E-state index contributed by atoms with van der Waals surface area (Å²) in [5.74, 6) is -0.105. The van der Waals surface area contributed by atoms with Gasteiger partial charge in [0.1, 0.15) is 5.60 Å². The van der Waals surface area contributed by atoms with Crippen LogP contribution in [0.15, 0.2) is 37.1 Å². The number of nitrogens with zero attached hydrogens (tertiary/aromatic N) is 3. The van der Waals surface area contributed by atoms with E-state index in [0.29, 0.717) is 26.1 Å². The molecule has 6 heteroatoms. The molecule has 26 heavy (non-hydrogen) atoms. The van der Waals surface area contributed by atoms with E-state index < -0.39 is 5.60 Å². The molecule has 0 spiro atoms. The minimum absolute atomic E-state index is 0.0509. The van der Waals surface area contributed by atoms with Gasteiger partial charge in [0.2, 0.25) is 5.91 Å². The first-order valence-electron chi connectivity index (χ1n) is 9.11. The maximum atomic E-state index is 12.4. The minimum atomic E-state index is -0.507. The zero-order valence-electron chi connectivity index (χ0n) is 16.0. The van der Waals surface area contributed by atoms with Gasteiger partial charge in [0.05, 0.1) is 12.2 Å². The van der Waals surface area contributed by atoms with Gasteiger partial charge in [-0.1, -0.05) is 12.6 Å². The topological polar surface area (TPSA) is 62.7 Å². The van der Waals surface area contributed by atoms with E-state index in [0.717, 1.165) is 18.5 Å². The second-order valence-electron chi connectivity index (χ2n) is 7.54. The van der Waals surface area contributed by atoms with E-state index in [9.17, 15) is 9.59 Å². The lowest BCUT2D eigenvalue weighted by atomic mass is 10.1. The van der Waals surface area contributed by atoms with Crippen LogP contribution in [0.4, 0.5) is 4.79 Å². The highest BCUT2D eigenvalue weighted by Gasteiger charge is 2.29. The lowest BCUT2D eigenvalue weighted by Crippen LogP contribution is -2.41. The van der Waals surface area contributed by atoms with Crippen molar-refractivity contribution in [2.24, 2.45) is 0 Å². The molecule has 142 valence electrons. The van der Waals surface area contributed by atoms with Gasteiger partial charge >= 0.3 is 6.09 Å². The molecular formula is C20H29N3O3. The zero-order valence-corrected chi connectivity index (χ0v) is 16.0. The fourth-order valence-corrected chi connectivity index (χ4v) is 3.07. The van der Waals surface area contributed by atoms with Crippen molar-refractivity contribution in [3.05, 3.63) is 42.7 Å². The quantitative estimate of drug-likeness (QED) is 0.773. The van der Waals surface area contributed by atoms with Crippen molar-refractivity contribution < 1.29 is 14.3 Å². The van der Waals surface area contributed by atoms with Crippen molar-refractivity contribution in [1.82, 2.24) is 14.8 Å². The van der Waals surface area contributed by atoms with Crippen molar-refractivity contribution in [1.29, 1.82) is 0 Å². The first kappa shape index (κ1) is 19.9. The Hall–Kier alpha value is -2.37. The largest absolute Gasteiger partial charge is 0.444 e. The predicted molar refractivity (Wildman–Crippen MR) is 100 cm³/mol. The predicted octanol–water partition coefficient (Wildman–Crippen LogP) is 3.39. The Kier molecular flexibility index (Phi) is 6.77. The third-order valence-electron chi connectivity index (χ3n) is 4.31. The van der Waals surface area contributed by atoms with Crippen molar-refractivity contribution in [3.8, 4) is 0 Å². The molecule has 0 aromatic carbocycles. The standard InChI is InChI=1S/C20H29N3O3/c1-5-18(24)23(15-16-9-6-7-12-21-16)17-10-8-13-22(14-11-17)19(25)26-20(2,3)4/h5-7,9,12,17H,1,8,10-11,13-15H2,2-4H3/t17-/m1/s1. The van der Waals surface area contributed by atoms with Gasteiger partial charge in [-0.3, -0.25) is 9.78 Å². The van der Waals surface area contributed by atoms with Crippen molar-refractivity contribution in [2.45, 2.75) is 58.2 Å². The monoisotopic (exact) mass is 359 g/mol. The molecule has 0 radical (unpaired) electrons. The van der Waals surface area contributed by atoms with Crippen LogP contribution in [0, 0.1) is 0 Å². The Morgan fingerprint density at radius 3 is 2.73 bits per heavy atom. The van der Waals surface area contributed by atoms with Crippen LogP contribution in [0.5, 0.6) is 0 Å². The number of hydrogen-bond donors (Lipinski definition) is 0. The van der Waals surface area contributed by atoms with Gasteiger partial charge < -0.3 is 14.5 Å². The number of likely N-dealkylation sites (tertiary alicyclic amines) is 1. The smallest absolute Gasteiger partial charge is 0.410 e. The Bertz CT molecular complexity index is 625. The molecule has 0 unspecified atom stereocenters. The van der Waals surface area contributed by atoms with Gasteiger partial charge in [-0.05, 0) is 58.2 Å². The molecule has 6 nitrogen and oxygen atoms in total. The van der Waals surface area contributed by atoms with Crippen LogP contribution in [-0.4, -0.2) is 51.5 Å². The summed E-state index contributed by atoms with van der Waals surface area (Å²) in [6.07, 6.45) is 5.16. The van der Waals surface area contributed by atoms with Crippen LogP contribution in [0.25, 0.3) is 0 Å². The normalized spacial score (nSPS) is 18.0. The summed E-state index contributed by atoms with van der Waals surface area (Å²) >= 11 is 0. The second kappa shape index (κ2) is 8.83. The molecule has 0 saturated carbocycles. The molecule has 1 aromatic rings. The molecule has 2 amide bonds. The van der Waals surface area contributed by atoms with Crippen LogP contribution in [0.3, 0.4) is 0 Å². The molecule has 1 saturated heterocycles. The Balaban J connectivity index is 2.04. The summed E-state index contributed by atoms with van der Waals surface area (Å²) in [5, 5.41) is 0. The first-order chi connectivity index (χ1) is 12.3. The van der Waals surface area contributed by atoms with Gasteiger partial charge in [0.25, 0.3) is 0 Å². The van der Waals surface area contributed by atoms with Gasteiger partial charge in [0.15, 0.2) is 0 Å². The molecule has 1 fully saturated rings. The Labute approximate surface area is 155 Å². The molecular weight excluding hydrogens is 330 g/mol. The third kappa shape index (κ3) is 5.86. The average Bonchev–Trinajstić information content (AvgIpc) is 2.84. The Morgan fingerprint density at radius 1 is 1.35 bits per heavy atom. The number of pyridine rings is 1. The fraction of sp³-hybridized carbons (Fsp3) is 0.550. The summed E-state index contributed by atoms with van der Waals surface area (Å²) in [4.78, 5) is 32.6. The van der Waals surface area contributed by atoms with Crippen molar-refractivity contribution in [3.63, 3.8) is 0 Å². The molecule has 1 aromatic heterocycles. The molecule has 1 aliphatic rings. The highest BCUT2D eigenvalue weighted by molar-refractivity contribution is 5.87. The summed E-state index contributed by atoms with van der Waals surface area (Å²) in [6.45, 7) is 10.9. The number of rotatable bonds is 4. The fourth-order valence-electron chi connectivity index (χ4n) is 3.07. The molecule has 2 rings (SSSR count). The van der Waals surface area contributed by atoms with Crippen LogP contribution in [0.2, 0.25) is 0 Å². The highest BCUT2D eigenvalue weighted by atomic mass is 16.6. The Morgan fingerprint density at radius 2 is 2.12 bits per heavy atom. The average molecular weight is 359 g/mol. The van der Waals surface area contributed by atoms with E-state index in [2.05, 4.69) is 11.6 Å². The lowest BCUT2D eigenvalue weighted by molar-refractivity contribution is -0.129. The van der Waals surface area contributed by atoms with Crippen molar-refractivity contribution in [2.75, 3.05) is 13.1 Å². The van der Waals surface area contributed by atoms with Gasteiger partial charge in [-0.15, -0.1) is 0 Å². The van der Waals surface area contributed by atoms with Crippen LogP contribution in [0.1, 0.15) is 45.7 Å². The number of ether oxygens (including phenoxy) is 1. The summed E-state index contributed by atoms with van der Waals surface area (Å²) in [6, 6.07) is 5.73. The molecule has 2 heterocycles. The summed E-state index contributed by atoms with van der Waals surface area (Å²) < 4.78 is 5.47. The number of carbonyl (C=O) groups excluding carboxylic acids is 2. The van der Waals surface area contributed by atoms with E-state index >= 15 is 0 Å². The van der Waals surface area contributed by atoms with Crippen LogP contribution in [-0.2, 0) is 16.1 Å². The van der Waals surface area contributed by atoms with Crippen molar-refractivity contribution >= 4 is 12.0 Å². The maximum Gasteiger partial charge on any atom is 0.410 e. The van der Waals surface area contributed by atoms with E-state index in [1.165, 1.54) is 6.08 Å². The zero-order chi connectivity index (χ0) is 19.2. The third-order valence-corrected chi connectivity index (χ3v) is 4.31.